The first-order valence-electron chi connectivity index (χ1n) is 7.65. The predicted molar refractivity (Wildman–Crippen MR) is 77.1 cm³/mol. The Morgan fingerprint density at radius 2 is 2.15 bits per heavy atom. The third-order valence-electron chi connectivity index (χ3n) is 4.02. The van der Waals surface area contributed by atoms with Crippen LogP contribution in [0.15, 0.2) is 12.3 Å². The highest BCUT2D eigenvalue weighted by atomic mass is 16.5. The topological polar surface area (TPSA) is 56.1 Å². The second kappa shape index (κ2) is 7.43. The molecule has 1 heterocycles. The van der Waals surface area contributed by atoms with Gasteiger partial charge in [0.1, 0.15) is 0 Å². The molecule has 0 aromatic carbocycles. The highest BCUT2D eigenvalue weighted by molar-refractivity contribution is 5.72. The highest BCUT2D eigenvalue weighted by Gasteiger charge is 2.26. The normalized spacial score (nSPS) is 22.7. The molecule has 0 atom stereocenters. The molecule has 5 heteroatoms. The molecule has 0 unspecified atom stereocenters. The smallest absolute Gasteiger partial charge is 0.308 e. The summed E-state index contributed by atoms with van der Waals surface area (Å²) in [5.74, 6) is 0.0872. The summed E-state index contributed by atoms with van der Waals surface area (Å²) in [5.41, 5.74) is 1.22. The van der Waals surface area contributed by atoms with Crippen molar-refractivity contribution in [1.29, 1.82) is 0 Å². The minimum absolute atomic E-state index is 0.0185. The van der Waals surface area contributed by atoms with Gasteiger partial charge in [0.2, 0.25) is 0 Å². The number of hydrogen-bond donors (Lipinski definition) is 1. The van der Waals surface area contributed by atoms with E-state index in [1.54, 1.807) is 0 Å². The molecule has 0 saturated heterocycles. The molecule has 1 aliphatic rings. The van der Waals surface area contributed by atoms with Crippen molar-refractivity contribution in [2.45, 2.75) is 58.7 Å². The lowest BCUT2D eigenvalue weighted by molar-refractivity contribution is -0.149. The van der Waals surface area contributed by atoms with E-state index in [2.05, 4.69) is 23.4 Å². The van der Waals surface area contributed by atoms with E-state index >= 15 is 0 Å². The van der Waals surface area contributed by atoms with E-state index < -0.39 is 0 Å². The van der Waals surface area contributed by atoms with E-state index in [1.807, 2.05) is 17.8 Å². The molecular weight excluding hydrogens is 254 g/mol. The van der Waals surface area contributed by atoms with Crippen molar-refractivity contribution in [3.05, 3.63) is 18.0 Å². The molecule has 1 N–H and O–H groups in total. The van der Waals surface area contributed by atoms with Crippen LogP contribution in [-0.4, -0.2) is 28.4 Å². The average molecular weight is 279 g/mol. The summed E-state index contributed by atoms with van der Waals surface area (Å²) in [4.78, 5) is 11.7. The maximum Gasteiger partial charge on any atom is 0.308 e. The lowest BCUT2D eigenvalue weighted by atomic mass is 9.86. The summed E-state index contributed by atoms with van der Waals surface area (Å²) in [6.07, 6.45) is 5.80. The molecule has 1 saturated carbocycles. The summed E-state index contributed by atoms with van der Waals surface area (Å²) in [7, 11) is 0. The number of esters is 1. The molecule has 1 aromatic rings. The van der Waals surface area contributed by atoms with Crippen LogP contribution in [0.4, 0.5) is 0 Å². The van der Waals surface area contributed by atoms with Gasteiger partial charge in [0.15, 0.2) is 0 Å². The lowest BCUT2D eigenvalue weighted by Gasteiger charge is -2.28. The van der Waals surface area contributed by atoms with Gasteiger partial charge < -0.3 is 10.1 Å². The summed E-state index contributed by atoms with van der Waals surface area (Å²) in [6, 6.07) is 2.56. The largest absolute Gasteiger partial charge is 0.466 e. The third kappa shape index (κ3) is 3.82. The molecule has 112 valence electrons. The van der Waals surface area contributed by atoms with E-state index in [9.17, 15) is 4.79 Å². The molecule has 1 aromatic heterocycles. The number of aryl methyl sites for hydroxylation is 1. The van der Waals surface area contributed by atoms with Crippen LogP contribution in [-0.2, 0) is 22.6 Å². The Balaban J connectivity index is 1.73. The lowest BCUT2D eigenvalue weighted by Crippen LogP contribution is -2.35. The number of carbonyl (C=O) groups excluding carboxylic acids is 1. The minimum Gasteiger partial charge on any atom is -0.466 e. The monoisotopic (exact) mass is 279 g/mol. The Bertz CT molecular complexity index is 423. The molecule has 1 aliphatic carbocycles. The number of rotatable bonds is 6. The fourth-order valence-electron chi connectivity index (χ4n) is 2.84. The Kier molecular flexibility index (Phi) is 5.59. The second-order valence-corrected chi connectivity index (χ2v) is 5.32. The van der Waals surface area contributed by atoms with Gasteiger partial charge in [0, 0.05) is 25.3 Å². The van der Waals surface area contributed by atoms with E-state index in [1.165, 1.54) is 5.69 Å². The zero-order chi connectivity index (χ0) is 14.4. The standard InChI is InChI=1S/C15H25N3O2/c1-3-18-14(9-10-17-18)11-16-13-7-5-12(6-8-13)15(19)20-4-2/h9-10,12-13,16H,3-8,11H2,1-2H3. The van der Waals surface area contributed by atoms with Crippen molar-refractivity contribution in [1.82, 2.24) is 15.1 Å². The van der Waals surface area contributed by atoms with Gasteiger partial charge in [-0.15, -0.1) is 0 Å². The van der Waals surface area contributed by atoms with Gasteiger partial charge in [0.25, 0.3) is 0 Å². The van der Waals surface area contributed by atoms with Crippen LogP contribution >= 0.6 is 0 Å². The van der Waals surface area contributed by atoms with Gasteiger partial charge >= 0.3 is 5.97 Å². The van der Waals surface area contributed by atoms with Crippen molar-refractivity contribution >= 4 is 5.97 Å². The number of hydrogen-bond acceptors (Lipinski definition) is 4. The molecule has 20 heavy (non-hydrogen) atoms. The van der Waals surface area contributed by atoms with Crippen LogP contribution in [0.1, 0.15) is 45.2 Å². The van der Waals surface area contributed by atoms with Crippen molar-refractivity contribution in [3.63, 3.8) is 0 Å². The number of nitrogens with zero attached hydrogens (tertiary/aromatic N) is 2. The molecule has 0 spiro atoms. The zero-order valence-electron chi connectivity index (χ0n) is 12.5. The van der Waals surface area contributed by atoms with Crippen LogP contribution in [0, 0.1) is 5.92 Å². The Labute approximate surface area is 120 Å². The van der Waals surface area contributed by atoms with Crippen LogP contribution in [0.2, 0.25) is 0 Å². The third-order valence-corrected chi connectivity index (χ3v) is 4.02. The van der Waals surface area contributed by atoms with Crippen LogP contribution in [0.5, 0.6) is 0 Å². The van der Waals surface area contributed by atoms with E-state index in [0.29, 0.717) is 12.6 Å². The van der Waals surface area contributed by atoms with Gasteiger partial charge in [0.05, 0.1) is 18.2 Å². The number of nitrogens with one attached hydrogen (secondary N) is 1. The van der Waals surface area contributed by atoms with E-state index in [0.717, 1.165) is 38.8 Å². The fourth-order valence-corrected chi connectivity index (χ4v) is 2.84. The molecule has 0 amide bonds. The summed E-state index contributed by atoms with van der Waals surface area (Å²) >= 11 is 0. The van der Waals surface area contributed by atoms with Crippen molar-refractivity contribution in [2.75, 3.05) is 6.61 Å². The minimum atomic E-state index is -0.0185. The van der Waals surface area contributed by atoms with Crippen LogP contribution in [0.25, 0.3) is 0 Å². The van der Waals surface area contributed by atoms with Gasteiger partial charge in [-0.1, -0.05) is 0 Å². The Morgan fingerprint density at radius 3 is 2.80 bits per heavy atom. The summed E-state index contributed by atoms with van der Waals surface area (Å²) < 4.78 is 7.11. The molecule has 1 fully saturated rings. The number of aromatic nitrogens is 2. The van der Waals surface area contributed by atoms with Crippen molar-refractivity contribution in [2.24, 2.45) is 5.92 Å². The highest BCUT2D eigenvalue weighted by Crippen LogP contribution is 2.25. The average Bonchev–Trinajstić information content (AvgIpc) is 2.93. The van der Waals surface area contributed by atoms with Gasteiger partial charge in [-0.25, -0.2) is 0 Å². The first-order valence-corrected chi connectivity index (χ1v) is 7.65. The molecule has 5 nitrogen and oxygen atoms in total. The molecule has 0 aliphatic heterocycles. The molecule has 2 rings (SSSR count). The quantitative estimate of drug-likeness (QED) is 0.810. The zero-order valence-corrected chi connectivity index (χ0v) is 12.5. The Hall–Kier alpha value is -1.36. The first-order chi connectivity index (χ1) is 9.74. The SMILES string of the molecule is CCOC(=O)C1CCC(NCc2ccnn2CC)CC1. The second-order valence-electron chi connectivity index (χ2n) is 5.32. The first kappa shape index (κ1) is 15.0. The maximum atomic E-state index is 11.7. The fraction of sp³-hybridized carbons (Fsp3) is 0.733. The maximum absolute atomic E-state index is 11.7. The summed E-state index contributed by atoms with van der Waals surface area (Å²) in [5, 5.41) is 7.85. The van der Waals surface area contributed by atoms with Crippen molar-refractivity contribution in [3.8, 4) is 0 Å². The van der Waals surface area contributed by atoms with Gasteiger partial charge in [-0.05, 0) is 45.6 Å². The van der Waals surface area contributed by atoms with E-state index in [4.69, 9.17) is 4.74 Å². The van der Waals surface area contributed by atoms with Crippen LogP contribution < -0.4 is 5.32 Å². The van der Waals surface area contributed by atoms with E-state index in [-0.39, 0.29) is 11.9 Å². The molecule has 0 bridgehead atoms. The van der Waals surface area contributed by atoms with Crippen LogP contribution in [0.3, 0.4) is 0 Å². The Morgan fingerprint density at radius 1 is 1.40 bits per heavy atom. The predicted octanol–water partition coefficient (Wildman–Crippen LogP) is 2.11. The number of ether oxygens (including phenoxy) is 1. The summed E-state index contributed by atoms with van der Waals surface area (Å²) in [6.45, 7) is 6.20. The number of carbonyl (C=O) groups is 1. The molecular formula is C15H25N3O2. The van der Waals surface area contributed by atoms with Gasteiger partial charge in [-0.2, -0.15) is 5.10 Å². The van der Waals surface area contributed by atoms with Gasteiger partial charge in [-0.3, -0.25) is 9.48 Å². The molecule has 0 radical (unpaired) electrons. The van der Waals surface area contributed by atoms with Crippen molar-refractivity contribution < 1.29 is 9.53 Å².